The topological polar surface area (TPSA) is 119 Å². The molecule has 3 aromatic rings. The Morgan fingerprint density at radius 1 is 1.19 bits per heavy atom. The molecule has 1 amide bonds. The third kappa shape index (κ3) is 5.00. The van der Waals surface area contributed by atoms with E-state index in [-0.39, 0.29) is 27.7 Å². The number of carbonyl (C=O) groups is 1. The summed E-state index contributed by atoms with van der Waals surface area (Å²) in [5, 5.41) is 10.8. The maximum absolute atomic E-state index is 12.9. The molecule has 0 aliphatic carbocycles. The molecule has 1 aromatic carbocycles. The van der Waals surface area contributed by atoms with Gasteiger partial charge in [0.15, 0.2) is 5.76 Å². The minimum absolute atomic E-state index is 0.0301. The predicted octanol–water partition coefficient (Wildman–Crippen LogP) is 3.54. The van der Waals surface area contributed by atoms with Crippen molar-refractivity contribution < 1.29 is 22.0 Å². The molecule has 0 saturated carbocycles. The van der Waals surface area contributed by atoms with E-state index in [0.717, 1.165) is 36.6 Å². The number of hydrogen-bond donors (Lipinski definition) is 1. The van der Waals surface area contributed by atoms with Crippen LogP contribution in [0.3, 0.4) is 0 Å². The van der Waals surface area contributed by atoms with Crippen LogP contribution in [0.1, 0.15) is 24.8 Å². The first-order valence-electron chi connectivity index (χ1n) is 9.84. The predicted molar refractivity (Wildman–Crippen MR) is 115 cm³/mol. The number of amides is 1. The molecule has 2 aromatic heterocycles. The molecule has 9 nitrogen and oxygen atoms in total. The Hall–Kier alpha value is -2.63. The molecule has 0 bridgehead atoms. The Balaban J connectivity index is 1.40. The van der Waals surface area contributed by atoms with Crippen molar-refractivity contribution in [1.82, 2.24) is 14.5 Å². The van der Waals surface area contributed by atoms with Crippen molar-refractivity contribution in [2.45, 2.75) is 36.3 Å². The zero-order chi connectivity index (χ0) is 21.8. The summed E-state index contributed by atoms with van der Waals surface area (Å²) in [4.78, 5) is 12.6. The van der Waals surface area contributed by atoms with Crippen LogP contribution < -0.4 is 5.32 Å². The van der Waals surface area contributed by atoms with Crippen molar-refractivity contribution in [3.05, 3.63) is 42.2 Å². The highest BCUT2D eigenvalue weighted by atomic mass is 32.2. The molecule has 31 heavy (non-hydrogen) atoms. The lowest BCUT2D eigenvalue weighted by atomic mass is 10.2. The van der Waals surface area contributed by atoms with Crippen LogP contribution in [-0.2, 0) is 14.8 Å². The fourth-order valence-corrected chi connectivity index (χ4v) is 5.34. The second kappa shape index (κ2) is 9.25. The summed E-state index contributed by atoms with van der Waals surface area (Å²) in [6.45, 7) is 2.87. The highest BCUT2D eigenvalue weighted by Crippen LogP contribution is 2.26. The average molecular weight is 463 g/mol. The molecule has 1 fully saturated rings. The molecule has 0 spiro atoms. The number of rotatable bonds is 7. The lowest BCUT2D eigenvalue weighted by Gasteiger charge is -2.26. The van der Waals surface area contributed by atoms with Gasteiger partial charge in [0.25, 0.3) is 11.1 Å². The highest BCUT2D eigenvalue weighted by molar-refractivity contribution is 7.99. The average Bonchev–Trinajstić information content (AvgIpc) is 3.46. The van der Waals surface area contributed by atoms with E-state index >= 15 is 0 Å². The van der Waals surface area contributed by atoms with Crippen molar-refractivity contribution >= 4 is 33.4 Å². The minimum Gasteiger partial charge on any atom is -0.459 e. The third-order valence-electron chi connectivity index (χ3n) is 4.90. The smallest absolute Gasteiger partial charge is 0.284 e. The van der Waals surface area contributed by atoms with Gasteiger partial charge in [-0.15, -0.1) is 10.2 Å². The Bertz CT molecular complexity index is 1150. The summed E-state index contributed by atoms with van der Waals surface area (Å²) in [6, 6.07) is 8.21. The quantitative estimate of drug-likeness (QED) is 0.530. The van der Waals surface area contributed by atoms with Crippen LogP contribution in [0, 0.1) is 6.92 Å². The first-order chi connectivity index (χ1) is 14.9. The van der Waals surface area contributed by atoms with Gasteiger partial charge in [-0.2, -0.15) is 4.31 Å². The molecule has 0 unspecified atom stereocenters. The number of anilines is 1. The number of nitrogens with one attached hydrogen (secondary N) is 1. The molecular weight excluding hydrogens is 440 g/mol. The molecule has 164 valence electrons. The van der Waals surface area contributed by atoms with Gasteiger partial charge in [0.05, 0.1) is 16.9 Å². The van der Waals surface area contributed by atoms with E-state index in [4.69, 9.17) is 8.83 Å². The van der Waals surface area contributed by atoms with Gasteiger partial charge >= 0.3 is 0 Å². The van der Waals surface area contributed by atoms with Gasteiger partial charge in [-0.25, -0.2) is 8.42 Å². The van der Waals surface area contributed by atoms with E-state index in [9.17, 15) is 13.2 Å². The van der Waals surface area contributed by atoms with E-state index < -0.39 is 10.0 Å². The number of carbonyl (C=O) groups excluding carboxylic acids is 1. The van der Waals surface area contributed by atoms with Gasteiger partial charge < -0.3 is 14.2 Å². The molecule has 3 heterocycles. The largest absolute Gasteiger partial charge is 0.459 e. The molecule has 1 saturated heterocycles. The van der Waals surface area contributed by atoms with Crippen molar-refractivity contribution in [2.24, 2.45) is 0 Å². The van der Waals surface area contributed by atoms with Gasteiger partial charge in [-0.1, -0.05) is 24.2 Å². The molecule has 0 radical (unpaired) electrons. The number of aryl methyl sites for hydroxylation is 1. The summed E-state index contributed by atoms with van der Waals surface area (Å²) in [7, 11) is -3.58. The van der Waals surface area contributed by atoms with Crippen LogP contribution in [-0.4, -0.2) is 47.7 Å². The van der Waals surface area contributed by atoms with Gasteiger partial charge in [0.2, 0.25) is 15.9 Å². The maximum atomic E-state index is 12.9. The number of aromatic nitrogens is 2. The van der Waals surface area contributed by atoms with Crippen LogP contribution in [0.4, 0.5) is 5.69 Å². The monoisotopic (exact) mass is 462 g/mol. The fourth-order valence-electron chi connectivity index (χ4n) is 3.23. The molecule has 1 aliphatic heterocycles. The summed E-state index contributed by atoms with van der Waals surface area (Å²) in [5.41, 5.74) is 1.24. The highest BCUT2D eigenvalue weighted by Gasteiger charge is 2.26. The Labute approximate surface area is 184 Å². The van der Waals surface area contributed by atoms with Crippen LogP contribution in [0.2, 0.25) is 0 Å². The Morgan fingerprint density at radius 2 is 2.00 bits per heavy atom. The molecular formula is C20H22N4O5S2. The van der Waals surface area contributed by atoms with Crippen LogP contribution in [0.5, 0.6) is 0 Å². The van der Waals surface area contributed by atoms with E-state index in [1.807, 2.05) is 6.92 Å². The fraction of sp³-hybridized carbons (Fsp3) is 0.350. The lowest BCUT2D eigenvalue weighted by molar-refractivity contribution is -0.113. The van der Waals surface area contributed by atoms with E-state index in [0.29, 0.717) is 24.5 Å². The second-order valence-corrected chi connectivity index (χ2v) is 9.99. The SMILES string of the molecule is Cc1ccc(S(=O)(=O)N2CCCCC2)cc1NC(=O)CSc1nnc(-c2ccco2)o1. The molecule has 0 atom stereocenters. The van der Waals surface area contributed by atoms with Crippen molar-refractivity contribution in [1.29, 1.82) is 0 Å². The van der Waals surface area contributed by atoms with Crippen LogP contribution in [0.15, 0.2) is 55.5 Å². The Kier molecular flexibility index (Phi) is 6.44. The Morgan fingerprint density at radius 3 is 2.74 bits per heavy atom. The maximum Gasteiger partial charge on any atom is 0.284 e. The standard InChI is InChI=1S/C20H22N4O5S2/c1-14-7-8-15(31(26,27)24-9-3-2-4-10-24)12-16(14)21-18(25)13-30-20-23-22-19(29-20)17-6-5-11-28-17/h5-8,11-12H,2-4,9-10,13H2,1H3,(H,21,25). The lowest BCUT2D eigenvalue weighted by Crippen LogP contribution is -2.35. The van der Waals surface area contributed by atoms with Gasteiger partial charge in [0.1, 0.15) is 0 Å². The number of furan rings is 1. The number of thioether (sulfide) groups is 1. The number of nitrogens with zero attached hydrogens (tertiary/aromatic N) is 3. The van der Waals surface area contributed by atoms with Crippen LogP contribution in [0.25, 0.3) is 11.7 Å². The second-order valence-electron chi connectivity index (χ2n) is 7.13. The van der Waals surface area contributed by atoms with E-state index in [1.165, 1.54) is 16.6 Å². The molecule has 1 N–H and O–H groups in total. The number of benzene rings is 1. The summed E-state index contributed by atoms with van der Waals surface area (Å²) < 4.78 is 38.0. The van der Waals surface area contributed by atoms with E-state index in [1.54, 1.807) is 24.3 Å². The van der Waals surface area contributed by atoms with Crippen molar-refractivity contribution in [3.8, 4) is 11.7 Å². The normalized spacial score (nSPS) is 15.1. The van der Waals surface area contributed by atoms with Gasteiger partial charge in [-0.05, 0) is 49.6 Å². The first kappa shape index (κ1) is 21.6. The van der Waals surface area contributed by atoms with E-state index in [2.05, 4.69) is 15.5 Å². The van der Waals surface area contributed by atoms with Gasteiger partial charge in [-0.3, -0.25) is 4.79 Å². The summed E-state index contributed by atoms with van der Waals surface area (Å²) in [6.07, 6.45) is 4.27. The molecule has 4 rings (SSSR count). The van der Waals surface area contributed by atoms with Crippen LogP contribution >= 0.6 is 11.8 Å². The number of hydrogen-bond acceptors (Lipinski definition) is 8. The summed E-state index contributed by atoms with van der Waals surface area (Å²) >= 11 is 1.08. The summed E-state index contributed by atoms with van der Waals surface area (Å²) in [5.74, 6) is 0.409. The first-order valence-corrected chi connectivity index (χ1v) is 12.3. The minimum atomic E-state index is -3.58. The zero-order valence-corrected chi connectivity index (χ0v) is 18.5. The zero-order valence-electron chi connectivity index (χ0n) is 16.9. The third-order valence-corrected chi connectivity index (χ3v) is 7.61. The number of sulfonamides is 1. The number of piperidine rings is 1. The van der Waals surface area contributed by atoms with Crippen molar-refractivity contribution in [2.75, 3.05) is 24.2 Å². The molecule has 1 aliphatic rings. The molecule has 11 heteroatoms. The van der Waals surface area contributed by atoms with Crippen molar-refractivity contribution in [3.63, 3.8) is 0 Å². The van der Waals surface area contributed by atoms with Gasteiger partial charge in [0, 0.05) is 18.8 Å².